The van der Waals surface area contributed by atoms with Gasteiger partial charge in [0.2, 0.25) is 0 Å². The van der Waals surface area contributed by atoms with E-state index in [1.807, 2.05) is 6.92 Å². The summed E-state index contributed by atoms with van der Waals surface area (Å²) in [6.07, 6.45) is 9.21. The van der Waals surface area contributed by atoms with Crippen LogP contribution in [0.5, 0.6) is 0 Å². The Morgan fingerprint density at radius 2 is 1.48 bits per heavy atom. The zero-order chi connectivity index (χ0) is 34.3. The fraction of sp³-hybridized carbons (Fsp3) is 0.969. The van der Waals surface area contributed by atoms with Crippen LogP contribution < -0.4 is 5.32 Å². The summed E-state index contributed by atoms with van der Waals surface area (Å²) in [5.41, 5.74) is -0.881. The van der Waals surface area contributed by atoms with Crippen LogP contribution >= 0.6 is 15.2 Å². The number of fused-ring (bicyclic) bond motifs is 5. The van der Waals surface area contributed by atoms with Crippen LogP contribution in [-0.4, -0.2) is 70.4 Å². The molecule has 14 heteroatoms. The van der Waals surface area contributed by atoms with E-state index in [0.717, 1.165) is 57.8 Å². The average molecular weight is 696 g/mol. The standard InChI is InChI=1S/C32H59NO11P2/c1-5-6-7-8-14-31(4,36)27-11-10-23-22-20-26(25-19-21(34)12-16-29(25,2)24(22)13-17-30(23,27)3)44-28(35)33-18-9-15-32(37,45(38,39)40)46(41,42)43/h21-27,34,36-37H,5-20H2,1-4H3,(H,33,35)(H2,38,39,40)(H2,41,42,43)/t21-,22-,23-,24-,25+,26-,27-,29+,30-,31-/m0/s1. The monoisotopic (exact) mass is 695 g/mol. The van der Waals surface area contributed by atoms with Crippen molar-refractivity contribution in [2.75, 3.05) is 6.54 Å². The molecule has 0 aliphatic heterocycles. The van der Waals surface area contributed by atoms with Crippen molar-refractivity contribution in [3.8, 4) is 0 Å². The number of carbonyl (C=O) groups is 1. The van der Waals surface area contributed by atoms with Crippen LogP contribution in [0.25, 0.3) is 0 Å². The molecule has 8 N–H and O–H groups in total. The summed E-state index contributed by atoms with van der Waals surface area (Å²) in [6.45, 7) is 8.65. The Balaban J connectivity index is 1.47. The second kappa shape index (κ2) is 14.0. The lowest BCUT2D eigenvalue weighted by molar-refractivity contribution is -0.179. The maximum absolute atomic E-state index is 13.1. The predicted molar refractivity (Wildman–Crippen MR) is 173 cm³/mol. The molecule has 46 heavy (non-hydrogen) atoms. The van der Waals surface area contributed by atoms with E-state index in [1.165, 1.54) is 6.42 Å². The molecular formula is C32H59NO11P2. The van der Waals surface area contributed by atoms with Gasteiger partial charge in [0.25, 0.3) is 5.08 Å². The van der Waals surface area contributed by atoms with E-state index in [1.54, 1.807) is 0 Å². The molecule has 0 aromatic carbocycles. The van der Waals surface area contributed by atoms with Crippen molar-refractivity contribution in [3.63, 3.8) is 0 Å². The van der Waals surface area contributed by atoms with Gasteiger partial charge in [-0.2, -0.15) is 0 Å². The molecule has 4 aliphatic carbocycles. The number of nitrogens with one attached hydrogen (secondary N) is 1. The zero-order valence-electron chi connectivity index (χ0n) is 28.0. The molecule has 0 aromatic rings. The van der Waals surface area contributed by atoms with Crippen LogP contribution in [0.1, 0.15) is 124 Å². The third-order valence-electron chi connectivity index (χ3n) is 13.1. The fourth-order valence-electron chi connectivity index (χ4n) is 10.6. The minimum atomic E-state index is -5.58. The Bertz CT molecular complexity index is 1150. The van der Waals surface area contributed by atoms with Gasteiger partial charge < -0.3 is 44.9 Å². The molecular weight excluding hydrogens is 636 g/mol. The molecule has 0 unspecified atom stereocenters. The van der Waals surface area contributed by atoms with Gasteiger partial charge in [0.15, 0.2) is 0 Å². The summed E-state index contributed by atoms with van der Waals surface area (Å²) in [4.78, 5) is 50.6. The van der Waals surface area contributed by atoms with E-state index >= 15 is 0 Å². The Kier molecular flexibility index (Phi) is 11.6. The highest BCUT2D eigenvalue weighted by Crippen LogP contribution is 2.70. The van der Waals surface area contributed by atoms with Crippen LogP contribution in [0.4, 0.5) is 4.79 Å². The average Bonchev–Trinajstić information content (AvgIpc) is 3.31. The number of unbranched alkanes of at least 4 members (excludes halogenated alkanes) is 3. The minimum Gasteiger partial charge on any atom is -0.446 e. The lowest BCUT2D eigenvalue weighted by Crippen LogP contribution is -2.60. The number of rotatable bonds is 13. The highest BCUT2D eigenvalue weighted by atomic mass is 31.2. The van der Waals surface area contributed by atoms with Gasteiger partial charge in [-0.05, 0) is 106 Å². The normalized spacial score (nSPS) is 37.8. The number of ether oxygens (including phenoxy) is 1. The van der Waals surface area contributed by atoms with Gasteiger partial charge in [0.05, 0.1) is 11.7 Å². The molecule has 4 rings (SSSR count). The summed E-state index contributed by atoms with van der Waals surface area (Å²) in [6, 6.07) is 0. The quantitative estimate of drug-likeness (QED) is 0.0924. The zero-order valence-corrected chi connectivity index (χ0v) is 29.8. The maximum atomic E-state index is 13.1. The lowest BCUT2D eigenvalue weighted by Gasteiger charge is -2.62. The molecule has 0 spiro atoms. The highest BCUT2D eigenvalue weighted by Gasteiger charge is 2.64. The number of alkyl carbamates (subject to hydrolysis) is 1. The van der Waals surface area contributed by atoms with Gasteiger partial charge in [-0.1, -0.05) is 46.5 Å². The first-order chi connectivity index (χ1) is 21.2. The molecule has 4 fully saturated rings. The van der Waals surface area contributed by atoms with E-state index < -0.39 is 50.6 Å². The molecule has 1 amide bonds. The minimum absolute atomic E-state index is 0.0197. The van der Waals surface area contributed by atoms with E-state index in [2.05, 4.69) is 26.1 Å². The third-order valence-corrected chi connectivity index (χ3v) is 16.9. The van der Waals surface area contributed by atoms with Gasteiger partial charge in [-0.15, -0.1) is 0 Å². The summed E-state index contributed by atoms with van der Waals surface area (Å²) in [7, 11) is -11.2. The molecule has 12 nitrogen and oxygen atoms in total. The van der Waals surface area contributed by atoms with Gasteiger partial charge in [-0.3, -0.25) is 9.13 Å². The molecule has 268 valence electrons. The summed E-state index contributed by atoms with van der Waals surface area (Å²) in [5.74, 6) is 1.28. The van der Waals surface area contributed by atoms with Gasteiger partial charge in [0, 0.05) is 18.9 Å². The molecule has 10 atom stereocenters. The van der Waals surface area contributed by atoms with Crippen molar-refractivity contribution in [1.29, 1.82) is 0 Å². The smallest absolute Gasteiger partial charge is 0.407 e. The van der Waals surface area contributed by atoms with Crippen molar-refractivity contribution in [2.24, 2.45) is 40.4 Å². The van der Waals surface area contributed by atoms with E-state index in [9.17, 15) is 48.8 Å². The van der Waals surface area contributed by atoms with Crippen molar-refractivity contribution >= 4 is 21.3 Å². The number of carbonyl (C=O) groups excluding carboxylic acids is 1. The van der Waals surface area contributed by atoms with Gasteiger partial charge >= 0.3 is 21.3 Å². The molecule has 4 aliphatic rings. The van der Waals surface area contributed by atoms with Gasteiger partial charge in [0.1, 0.15) is 6.10 Å². The molecule has 0 saturated heterocycles. The Morgan fingerprint density at radius 1 is 0.848 bits per heavy atom. The molecule has 0 aromatic heterocycles. The van der Waals surface area contributed by atoms with Gasteiger partial charge in [-0.25, -0.2) is 4.79 Å². The lowest BCUT2D eigenvalue weighted by atomic mass is 9.43. The first-order valence-corrected chi connectivity index (χ1v) is 20.6. The molecule has 0 heterocycles. The third kappa shape index (κ3) is 7.32. The maximum Gasteiger partial charge on any atom is 0.407 e. The number of aliphatic hydroxyl groups is 3. The van der Waals surface area contributed by atoms with E-state index in [4.69, 9.17) is 4.74 Å². The first kappa shape index (κ1) is 38.3. The van der Waals surface area contributed by atoms with Crippen LogP contribution in [0.15, 0.2) is 0 Å². The Morgan fingerprint density at radius 3 is 2.11 bits per heavy atom. The van der Waals surface area contributed by atoms with Crippen molar-refractivity contribution < 1.29 is 53.6 Å². The number of hydrogen-bond acceptors (Lipinski definition) is 7. The fourth-order valence-corrected chi connectivity index (χ4v) is 12.9. The SMILES string of the molecule is CCCCCC[C@](C)(O)[C@H]1CC[C@H]2[C@@H]3C[C@H](OC(=O)NCCCC(O)(P(=O)(O)O)P(=O)(O)O)[C@H]4C[C@@H](O)CC[C@]4(C)[C@H]3CC[C@@]21C. The van der Waals surface area contributed by atoms with Crippen LogP contribution in [0.2, 0.25) is 0 Å². The largest absolute Gasteiger partial charge is 0.446 e. The first-order valence-electron chi connectivity index (χ1n) is 17.4. The summed E-state index contributed by atoms with van der Waals surface area (Å²) in [5, 5.41) is 31.6. The van der Waals surface area contributed by atoms with E-state index in [0.29, 0.717) is 37.0 Å². The molecule has 0 bridgehead atoms. The van der Waals surface area contributed by atoms with Crippen LogP contribution in [0, 0.1) is 40.4 Å². The van der Waals surface area contributed by atoms with Crippen molar-refractivity contribution in [2.45, 2.75) is 147 Å². The molecule has 0 radical (unpaired) electrons. The number of hydrogen-bond donors (Lipinski definition) is 8. The second-order valence-corrected chi connectivity index (χ2v) is 19.8. The Labute approximate surface area is 273 Å². The number of aliphatic hydroxyl groups excluding tert-OH is 1. The highest BCUT2D eigenvalue weighted by molar-refractivity contribution is 7.72. The Hall–Kier alpha value is -0.550. The summed E-state index contributed by atoms with van der Waals surface area (Å²) < 4.78 is 29.4. The number of amides is 1. The van der Waals surface area contributed by atoms with E-state index in [-0.39, 0.29) is 35.6 Å². The second-order valence-electron chi connectivity index (χ2n) is 15.8. The summed E-state index contributed by atoms with van der Waals surface area (Å²) >= 11 is 0. The predicted octanol–water partition coefficient (Wildman–Crippen LogP) is 5.21. The topological polar surface area (TPSA) is 214 Å². The van der Waals surface area contributed by atoms with Crippen molar-refractivity contribution in [1.82, 2.24) is 5.32 Å². The van der Waals surface area contributed by atoms with Crippen LogP contribution in [-0.2, 0) is 13.9 Å². The van der Waals surface area contributed by atoms with Crippen LogP contribution in [0.3, 0.4) is 0 Å². The van der Waals surface area contributed by atoms with Crippen molar-refractivity contribution in [3.05, 3.63) is 0 Å². The molecule has 4 saturated carbocycles.